The molecule has 0 aliphatic carbocycles. The van der Waals surface area contributed by atoms with Crippen LogP contribution in [-0.4, -0.2) is 18.0 Å². The van der Waals surface area contributed by atoms with Crippen LogP contribution in [0.15, 0.2) is 42.5 Å². The summed E-state index contributed by atoms with van der Waals surface area (Å²) in [5, 5.41) is 10.6. The van der Waals surface area contributed by atoms with Crippen molar-refractivity contribution >= 4 is 17.3 Å². The number of nitrogens with zero attached hydrogens (tertiary/aromatic N) is 1. The number of benzene rings is 2. The molecule has 2 N–H and O–H groups in total. The number of nitro groups is 1. The van der Waals surface area contributed by atoms with E-state index in [0.717, 1.165) is 0 Å². The van der Waals surface area contributed by atoms with E-state index in [4.69, 9.17) is 10.5 Å². The molecule has 0 spiro atoms. The summed E-state index contributed by atoms with van der Waals surface area (Å²) in [6, 6.07) is 10.1. The van der Waals surface area contributed by atoms with Gasteiger partial charge in [-0.05, 0) is 30.3 Å². The van der Waals surface area contributed by atoms with Crippen molar-refractivity contribution < 1.29 is 19.2 Å². The second-order valence-electron chi connectivity index (χ2n) is 4.09. The van der Waals surface area contributed by atoms with Crippen LogP contribution in [0.25, 0.3) is 0 Å². The van der Waals surface area contributed by atoms with Gasteiger partial charge in [0.1, 0.15) is 11.5 Å². The lowest BCUT2D eigenvalue weighted by Crippen LogP contribution is -2.05. The Morgan fingerprint density at radius 1 is 1.14 bits per heavy atom. The molecule has 0 bridgehead atoms. The van der Waals surface area contributed by atoms with Crippen LogP contribution in [0.4, 0.5) is 11.4 Å². The van der Waals surface area contributed by atoms with Crippen molar-refractivity contribution in [3.05, 3.63) is 58.1 Å². The van der Waals surface area contributed by atoms with Crippen molar-refractivity contribution in [2.45, 2.75) is 0 Å². The standard InChI is InChI=1S/C14H12N2O5/c1-20-14(17)12-8-11(6-7-13(12)15)21-10-4-2-9(3-5-10)16(18)19/h2-8H,15H2,1H3. The highest BCUT2D eigenvalue weighted by molar-refractivity contribution is 5.95. The van der Waals surface area contributed by atoms with E-state index < -0.39 is 10.9 Å². The fourth-order valence-electron chi connectivity index (χ4n) is 1.66. The second-order valence-corrected chi connectivity index (χ2v) is 4.09. The summed E-state index contributed by atoms with van der Waals surface area (Å²) in [6.07, 6.45) is 0. The van der Waals surface area contributed by atoms with E-state index in [1.54, 1.807) is 6.07 Å². The van der Waals surface area contributed by atoms with Gasteiger partial charge in [0, 0.05) is 17.8 Å². The van der Waals surface area contributed by atoms with E-state index in [2.05, 4.69) is 4.74 Å². The van der Waals surface area contributed by atoms with Crippen LogP contribution >= 0.6 is 0 Å². The maximum absolute atomic E-state index is 11.5. The highest BCUT2D eigenvalue weighted by Gasteiger charge is 2.12. The minimum absolute atomic E-state index is 0.0325. The maximum atomic E-state index is 11.5. The number of anilines is 1. The zero-order chi connectivity index (χ0) is 15.4. The molecule has 2 rings (SSSR count). The first-order valence-electron chi connectivity index (χ1n) is 5.91. The summed E-state index contributed by atoms with van der Waals surface area (Å²) in [4.78, 5) is 21.6. The Morgan fingerprint density at radius 3 is 2.33 bits per heavy atom. The minimum atomic E-state index is -0.568. The van der Waals surface area contributed by atoms with Gasteiger partial charge in [0.15, 0.2) is 0 Å². The van der Waals surface area contributed by atoms with Gasteiger partial charge in [0.2, 0.25) is 0 Å². The van der Waals surface area contributed by atoms with E-state index in [1.165, 1.54) is 43.5 Å². The summed E-state index contributed by atoms with van der Waals surface area (Å²) < 4.78 is 10.1. The molecule has 0 atom stereocenters. The molecule has 0 radical (unpaired) electrons. The molecule has 0 unspecified atom stereocenters. The van der Waals surface area contributed by atoms with Crippen LogP contribution in [-0.2, 0) is 4.74 Å². The number of carbonyl (C=O) groups is 1. The zero-order valence-corrected chi connectivity index (χ0v) is 11.1. The second kappa shape index (κ2) is 5.91. The van der Waals surface area contributed by atoms with Crippen molar-refractivity contribution in [1.82, 2.24) is 0 Å². The van der Waals surface area contributed by atoms with E-state index in [9.17, 15) is 14.9 Å². The van der Waals surface area contributed by atoms with Gasteiger partial charge in [-0.2, -0.15) is 0 Å². The number of rotatable bonds is 4. The first kappa shape index (κ1) is 14.3. The van der Waals surface area contributed by atoms with Crippen molar-refractivity contribution in [2.75, 3.05) is 12.8 Å². The zero-order valence-electron chi connectivity index (χ0n) is 11.1. The highest BCUT2D eigenvalue weighted by Crippen LogP contribution is 2.26. The molecule has 0 aliphatic heterocycles. The number of carbonyl (C=O) groups excluding carboxylic acids is 1. The van der Waals surface area contributed by atoms with Crippen molar-refractivity contribution in [3.8, 4) is 11.5 Å². The Labute approximate surface area is 120 Å². The Balaban J connectivity index is 2.23. The van der Waals surface area contributed by atoms with Gasteiger partial charge in [-0.1, -0.05) is 0 Å². The average Bonchev–Trinajstić information content (AvgIpc) is 2.49. The number of non-ortho nitro benzene ring substituents is 1. The molecule has 7 heteroatoms. The SMILES string of the molecule is COC(=O)c1cc(Oc2ccc([N+](=O)[O-])cc2)ccc1N. The third-order valence-corrected chi connectivity index (χ3v) is 2.71. The number of nitrogen functional groups attached to an aromatic ring is 1. The Bertz CT molecular complexity index is 682. The number of methoxy groups -OCH3 is 1. The van der Waals surface area contributed by atoms with Crippen LogP contribution < -0.4 is 10.5 Å². The van der Waals surface area contributed by atoms with Crippen LogP contribution in [0.3, 0.4) is 0 Å². The Hall–Kier alpha value is -3.09. The molecule has 0 aliphatic rings. The first-order chi connectivity index (χ1) is 10.0. The minimum Gasteiger partial charge on any atom is -0.465 e. The lowest BCUT2D eigenvalue weighted by atomic mass is 10.1. The molecular formula is C14H12N2O5. The third-order valence-electron chi connectivity index (χ3n) is 2.71. The van der Waals surface area contributed by atoms with Crippen LogP contribution in [0.1, 0.15) is 10.4 Å². The topological polar surface area (TPSA) is 105 Å². The smallest absolute Gasteiger partial charge is 0.340 e. The molecule has 0 heterocycles. The maximum Gasteiger partial charge on any atom is 0.340 e. The number of nitro benzene ring substituents is 1. The van der Waals surface area contributed by atoms with Gasteiger partial charge in [-0.3, -0.25) is 10.1 Å². The number of hydrogen-bond acceptors (Lipinski definition) is 6. The van der Waals surface area contributed by atoms with Crippen molar-refractivity contribution in [2.24, 2.45) is 0 Å². The van der Waals surface area contributed by atoms with Gasteiger partial charge in [-0.25, -0.2) is 4.79 Å². The molecule has 0 fully saturated rings. The van der Waals surface area contributed by atoms with E-state index in [1.807, 2.05) is 0 Å². The predicted molar refractivity (Wildman–Crippen MR) is 75.4 cm³/mol. The van der Waals surface area contributed by atoms with E-state index >= 15 is 0 Å². The van der Waals surface area contributed by atoms with Gasteiger partial charge < -0.3 is 15.2 Å². The van der Waals surface area contributed by atoms with E-state index in [-0.39, 0.29) is 16.9 Å². The lowest BCUT2D eigenvalue weighted by molar-refractivity contribution is -0.384. The number of hydrogen-bond donors (Lipinski definition) is 1. The summed E-state index contributed by atoms with van der Waals surface area (Å²) in [5.74, 6) is 0.210. The molecule has 0 aromatic heterocycles. The predicted octanol–water partition coefficient (Wildman–Crippen LogP) is 2.76. The van der Waals surface area contributed by atoms with Crippen LogP contribution in [0, 0.1) is 10.1 Å². The quantitative estimate of drug-likeness (QED) is 0.401. The molecular weight excluding hydrogens is 276 g/mol. The molecule has 108 valence electrons. The summed E-state index contributed by atoms with van der Waals surface area (Å²) in [7, 11) is 1.26. The van der Waals surface area contributed by atoms with Gasteiger partial charge in [-0.15, -0.1) is 0 Å². The van der Waals surface area contributed by atoms with Gasteiger partial charge in [0.05, 0.1) is 17.6 Å². The fraction of sp³-hybridized carbons (Fsp3) is 0.0714. The number of esters is 1. The Kier molecular flexibility index (Phi) is 4.03. The molecule has 2 aromatic rings. The van der Waals surface area contributed by atoms with Crippen molar-refractivity contribution in [1.29, 1.82) is 0 Å². The summed E-state index contributed by atoms with van der Waals surface area (Å²) in [6.45, 7) is 0. The van der Waals surface area contributed by atoms with Crippen LogP contribution in [0.2, 0.25) is 0 Å². The van der Waals surface area contributed by atoms with Gasteiger partial charge in [0.25, 0.3) is 5.69 Å². The average molecular weight is 288 g/mol. The Morgan fingerprint density at radius 2 is 1.76 bits per heavy atom. The number of nitrogens with two attached hydrogens (primary N) is 1. The molecule has 7 nitrogen and oxygen atoms in total. The summed E-state index contributed by atoms with van der Waals surface area (Å²) >= 11 is 0. The van der Waals surface area contributed by atoms with Crippen molar-refractivity contribution in [3.63, 3.8) is 0 Å². The third kappa shape index (κ3) is 3.27. The molecule has 0 saturated heterocycles. The van der Waals surface area contributed by atoms with E-state index in [0.29, 0.717) is 11.5 Å². The highest BCUT2D eigenvalue weighted by atomic mass is 16.6. The van der Waals surface area contributed by atoms with Crippen LogP contribution in [0.5, 0.6) is 11.5 Å². The number of ether oxygens (including phenoxy) is 2. The molecule has 21 heavy (non-hydrogen) atoms. The molecule has 0 amide bonds. The normalized spacial score (nSPS) is 9.95. The summed E-state index contributed by atoms with van der Waals surface area (Å²) in [5.41, 5.74) is 6.12. The largest absolute Gasteiger partial charge is 0.465 e. The van der Waals surface area contributed by atoms with Gasteiger partial charge >= 0.3 is 5.97 Å². The molecule has 2 aromatic carbocycles. The first-order valence-corrected chi connectivity index (χ1v) is 5.91. The molecule has 0 saturated carbocycles. The lowest BCUT2D eigenvalue weighted by Gasteiger charge is -2.08. The monoisotopic (exact) mass is 288 g/mol. The fourth-order valence-corrected chi connectivity index (χ4v) is 1.66.